The van der Waals surface area contributed by atoms with Crippen molar-refractivity contribution in [3.8, 4) is 0 Å². The van der Waals surface area contributed by atoms with Crippen molar-refractivity contribution in [2.45, 2.75) is 38.1 Å². The zero-order chi connectivity index (χ0) is 9.10. The van der Waals surface area contributed by atoms with Crippen molar-refractivity contribution < 1.29 is 0 Å². The average Bonchev–Trinajstić information content (AvgIpc) is 2.57. The summed E-state index contributed by atoms with van der Waals surface area (Å²) < 4.78 is 0. The zero-order valence-electron chi connectivity index (χ0n) is 8.76. The molecule has 2 fully saturated rings. The second-order valence-electron chi connectivity index (χ2n) is 4.80. The summed E-state index contributed by atoms with van der Waals surface area (Å²) in [4.78, 5) is 2.45. The van der Waals surface area contributed by atoms with Gasteiger partial charge in [0.1, 0.15) is 0 Å². The monoisotopic (exact) mass is 182 g/mol. The van der Waals surface area contributed by atoms with E-state index in [9.17, 15) is 0 Å². The highest BCUT2D eigenvalue weighted by Gasteiger charge is 2.22. The van der Waals surface area contributed by atoms with E-state index in [1.807, 2.05) is 0 Å². The summed E-state index contributed by atoms with van der Waals surface area (Å²) in [6.07, 6.45) is 7.36. The molecule has 0 aromatic heterocycles. The average molecular weight is 182 g/mol. The highest BCUT2D eigenvalue weighted by atomic mass is 15.2. The van der Waals surface area contributed by atoms with Gasteiger partial charge in [0.25, 0.3) is 0 Å². The molecule has 1 N–H and O–H groups in total. The first-order valence-electron chi connectivity index (χ1n) is 5.76. The number of nitrogens with one attached hydrogen (secondary N) is 1. The van der Waals surface area contributed by atoms with E-state index in [0.29, 0.717) is 0 Å². The molecule has 2 aliphatic rings. The number of hydrogen-bond acceptors (Lipinski definition) is 2. The van der Waals surface area contributed by atoms with Crippen LogP contribution in [0.4, 0.5) is 0 Å². The van der Waals surface area contributed by atoms with Gasteiger partial charge in [-0.2, -0.15) is 0 Å². The van der Waals surface area contributed by atoms with Crippen LogP contribution in [0.2, 0.25) is 0 Å². The first-order valence-corrected chi connectivity index (χ1v) is 5.76. The minimum absolute atomic E-state index is 0.779. The Balaban J connectivity index is 1.73. The molecule has 0 bridgehead atoms. The van der Waals surface area contributed by atoms with Crippen LogP contribution in [0.15, 0.2) is 0 Å². The van der Waals surface area contributed by atoms with Crippen molar-refractivity contribution in [2.24, 2.45) is 5.92 Å². The Labute approximate surface area is 81.7 Å². The van der Waals surface area contributed by atoms with Crippen LogP contribution in [-0.2, 0) is 0 Å². The van der Waals surface area contributed by atoms with Crippen molar-refractivity contribution in [1.82, 2.24) is 10.2 Å². The summed E-state index contributed by atoms with van der Waals surface area (Å²) in [5.74, 6) is 1.03. The van der Waals surface area contributed by atoms with Gasteiger partial charge in [-0.15, -0.1) is 0 Å². The SMILES string of the molecule is CN1CCNC(CC2CCCC2)C1. The van der Waals surface area contributed by atoms with Gasteiger partial charge in [-0.25, -0.2) is 0 Å². The van der Waals surface area contributed by atoms with Crippen molar-refractivity contribution in [2.75, 3.05) is 26.7 Å². The molecular weight excluding hydrogens is 160 g/mol. The van der Waals surface area contributed by atoms with Gasteiger partial charge in [0.05, 0.1) is 0 Å². The number of piperazine rings is 1. The molecule has 1 saturated heterocycles. The Bertz CT molecular complexity index is 152. The first kappa shape index (κ1) is 9.47. The van der Waals surface area contributed by atoms with E-state index in [1.165, 1.54) is 51.7 Å². The summed E-state index contributed by atoms with van der Waals surface area (Å²) in [6, 6.07) is 0.779. The maximum absolute atomic E-state index is 3.63. The summed E-state index contributed by atoms with van der Waals surface area (Å²) in [6.45, 7) is 3.67. The number of nitrogens with zero attached hydrogens (tertiary/aromatic N) is 1. The maximum Gasteiger partial charge on any atom is 0.0198 e. The van der Waals surface area contributed by atoms with Gasteiger partial charge < -0.3 is 10.2 Å². The Morgan fingerprint density at radius 3 is 2.77 bits per heavy atom. The lowest BCUT2D eigenvalue weighted by molar-refractivity contribution is 0.216. The lowest BCUT2D eigenvalue weighted by atomic mass is 9.97. The highest BCUT2D eigenvalue weighted by molar-refractivity contribution is 4.81. The van der Waals surface area contributed by atoms with Gasteiger partial charge in [0.2, 0.25) is 0 Å². The fraction of sp³-hybridized carbons (Fsp3) is 1.00. The van der Waals surface area contributed by atoms with Gasteiger partial charge in [0, 0.05) is 25.7 Å². The minimum Gasteiger partial charge on any atom is -0.311 e. The van der Waals surface area contributed by atoms with Crippen LogP contribution < -0.4 is 5.32 Å². The molecule has 1 saturated carbocycles. The summed E-state index contributed by atoms with van der Waals surface area (Å²) in [5.41, 5.74) is 0. The summed E-state index contributed by atoms with van der Waals surface area (Å²) in [7, 11) is 2.24. The molecule has 2 nitrogen and oxygen atoms in total. The predicted octanol–water partition coefficient (Wildman–Crippen LogP) is 1.47. The quantitative estimate of drug-likeness (QED) is 0.695. The molecule has 1 heterocycles. The summed E-state index contributed by atoms with van der Waals surface area (Å²) in [5, 5.41) is 3.63. The van der Waals surface area contributed by atoms with Crippen LogP contribution in [0.5, 0.6) is 0 Å². The molecule has 2 heteroatoms. The standard InChI is InChI=1S/C11H22N2/c1-13-7-6-12-11(9-13)8-10-4-2-3-5-10/h10-12H,2-9H2,1H3. The van der Waals surface area contributed by atoms with Gasteiger partial charge in [-0.05, 0) is 19.4 Å². The molecule has 0 aromatic rings. The van der Waals surface area contributed by atoms with Crippen LogP contribution >= 0.6 is 0 Å². The van der Waals surface area contributed by atoms with Crippen molar-refractivity contribution >= 4 is 0 Å². The van der Waals surface area contributed by atoms with Crippen molar-refractivity contribution in [3.05, 3.63) is 0 Å². The third kappa shape index (κ3) is 2.68. The Kier molecular flexibility index (Phi) is 3.23. The molecule has 13 heavy (non-hydrogen) atoms. The highest BCUT2D eigenvalue weighted by Crippen LogP contribution is 2.28. The second kappa shape index (κ2) is 4.43. The molecule has 76 valence electrons. The van der Waals surface area contributed by atoms with E-state index in [1.54, 1.807) is 0 Å². The molecule has 1 unspecified atom stereocenters. The minimum atomic E-state index is 0.779. The third-order valence-corrected chi connectivity index (χ3v) is 3.55. The van der Waals surface area contributed by atoms with Crippen LogP contribution in [0.25, 0.3) is 0 Å². The molecule has 0 radical (unpaired) electrons. The molecule has 0 amide bonds. The zero-order valence-corrected chi connectivity index (χ0v) is 8.76. The normalized spacial score (nSPS) is 32.5. The molecule has 0 spiro atoms. The fourth-order valence-corrected chi connectivity index (χ4v) is 2.80. The number of rotatable bonds is 2. The largest absolute Gasteiger partial charge is 0.311 e. The first-order chi connectivity index (χ1) is 6.34. The van der Waals surface area contributed by atoms with Crippen LogP contribution in [-0.4, -0.2) is 37.6 Å². The van der Waals surface area contributed by atoms with Gasteiger partial charge >= 0.3 is 0 Å². The molecule has 0 aromatic carbocycles. The Morgan fingerprint density at radius 2 is 2.08 bits per heavy atom. The third-order valence-electron chi connectivity index (χ3n) is 3.55. The lowest BCUT2D eigenvalue weighted by Gasteiger charge is -2.32. The van der Waals surface area contributed by atoms with E-state index in [-0.39, 0.29) is 0 Å². The lowest BCUT2D eigenvalue weighted by Crippen LogP contribution is -2.49. The molecule has 1 atom stereocenters. The predicted molar refractivity (Wildman–Crippen MR) is 55.9 cm³/mol. The van der Waals surface area contributed by atoms with Crippen molar-refractivity contribution in [3.63, 3.8) is 0 Å². The van der Waals surface area contributed by atoms with Crippen molar-refractivity contribution in [1.29, 1.82) is 0 Å². The van der Waals surface area contributed by atoms with Crippen LogP contribution in [0, 0.1) is 5.92 Å². The van der Waals surface area contributed by atoms with Gasteiger partial charge in [-0.1, -0.05) is 25.7 Å². The Hall–Kier alpha value is -0.0800. The smallest absolute Gasteiger partial charge is 0.0198 e. The van der Waals surface area contributed by atoms with E-state index in [4.69, 9.17) is 0 Å². The maximum atomic E-state index is 3.63. The van der Waals surface area contributed by atoms with Crippen LogP contribution in [0.3, 0.4) is 0 Å². The number of likely N-dealkylation sites (N-methyl/N-ethyl adjacent to an activating group) is 1. The molecule has 1 aliphatic heterocycles. The van der Waals surface area contributed by atoms with E-state index in [2.05, 4.69) is 17.3 Å². The van der Waals surface area contributed by atoms with E-state index in [0.717, 1.165) is 12.0 Å². The molecule has 2 rings (SSSR count). The van der Waals surface area contributed by atoms with Crippen LogP contribution in [0.1, 0.15) is 32.1 Å². The topological polar surface area (TPSA) is 15.3 Å². The molecule has 1 aliphatic carbocycles. The summed E-state index contributed by atoms with van der Waals surface area (Å²) >= 11 is 0. The fourth-order valence-electron chi connectivity index (χ4n) is 2.80. The Morgan fingerprint density at radius 1 is 1.31 bits per heavy atom. The number of hydrogen-bond donors (Lipinski definition) is 1. The van der Waals surface area contributed by atoms with E-state index >= 15 is 0 Å². The second-order valence-corrected chi connectivity index (χ2v) is 4.80. The van der Waals surface area contributed by atoms with Gasteiger partial charge in [0.15, 0.2) is 0 Å². The van der Waals surface area contributed by atoms with Gasteiger partial charge in [-0.3, -0.25) is 0 Å². The van der Waals surface area contributed by atoms with E-state index < -0.39 is 0 Å². The molecular formula is C11H22N2.